The van der Waals surface area contributed by atoms with Gasteiger partial charge in [0.05, 0.1) is 17.2 Å². The zero-order valence-corrected chi connectivity index (χ0v) is 16.8. The van der Waals surface area contributed by atoms with Crippen LogP contribution in [0.1, 0.15) is 38.3 Å². The highest BCUT2D eigenvalue weighted by atomic mass is 32.3. The van der Waals surface area contributed by atoms with Crippen molar-refractivity contribution in [3.63, 3.8) is 0 Å². The maximum Gasteiger partial charge on any atom is 0.247 e. The zero-order chi connectivity index (χ0) is 19.7. The second kappa shape index (κ2) is 8.16. The number of thiophene rings is 1. The third kappa shape index (κ3) is 4.99. The Morgan fingerprint density at radius 3 is 2.65 bits per heavy atom. The molecule has 1 aliphatic rings. The van der Waals surface area contributed by atoms with E-state index in [-0.39, 0.29) is 33.9 Å². The van der Waals surface area contributed by atoms with Gasteiger partial charge in [-0.1, -0.05) is 13.8 Å². The third-order valence-electron chi connectivity index (χ3n) is 3.97. The molecule has 26 heavy (non-hydrogen) atoms. The average Bonchev–Trinajstić information content (AvgIpc) is 2.94. The fourth-order valence-corrected chi connectivity index (χ4v) is 7.43. The number of primary sulfonamides is 1. The quantitative estimate of drug-likeness (QED) is 0.435. The minimum absolute atomic E-state index is 0.0157. The van der Waals surface area contributed by atoms with Gasteiger partial charge in [0.25, 0.3) is 0 Å². The minimum atomic E-state index is -4.02. The first-order chi connectivity index (χ1) is 11.9. The predicted octanol–water partition coefficient (Wildman–Crippen LogP) is 0.630. The molecule has 1 aliphatic heterocycles. The van der Waals surface area contributed by atoms with E-state index in [0.29, 0.717) is 29.4 Å². The number of sulfone groups is 1. The normalized spacial score (nSPS) is 22.7. The largest absolute Gasteiger partial charge is 0.310 e. The van der Waals surface area contributed by atoms with E-state index >= 15 is 0 Å². The van der Waals surface area contributed by atoms with E-state index in [1.165, 1.54) is 6.07 Å². The number of sulfonamides is 1. The lowest BCUT2D eigenvalue weighted by atomic mass is 10.0. The number of hydrogen-bond acceptors (Lipinski definition) is 10. The molecule has 150 valence electrons. The van der Waals surface area contributed by atoms with Crippen LogP contribution in [-0.4, -0.2) is 51.0 Å². The van der Waals surface area contributed by atoms with Crippen LogP contribution in [0, 0.1) is 5.92 Å². The van der Waals surface area contributed by atoms with Crippen molar-refractivity contribution in [3.05, 3.63) is 11.6 Å². The minimum Gasteiger partial charge on any atom is -0.310 e. The number of fused-ring (bicyclic) bond motifs is 1. The van der Waals surface area contributed by atoms with Gasteiger partial charge in [-0.3, -0.25) is 15.3 Å². The number of nitrogens with zero attached hydrogens (tertiary/aromatic N) is 1. The second-order valence-corrected chi connectivity index (χ2v) is 11.7. The van der Waals surface area contributed by atoms with Crippen molar-refractivity contribution in [2.24, 2.45) is 11.1 Å². The zero-order valence-electron chi connectivity index (χ0n) is 14.3. The Labute approximate surface area is 156 Å². The smallest absolute Gasteiger partial charge is 0.247 e. The Morgan fingerprint density at radius 1 is 1.46 bits per heavy atom. The molecule has 0 aromatic carbocycles. The Morgan fingerprint density at radius 2 is 2.12 bits per heavy atom. The fourth-order valence-electron chi connectivity index (χ4n) is 2.75. The molecule has 0 radical (unpaired) electrons. The van der Waals surface area contributed by atoms with E-state index in [0.717, 1.165) is 0 Å². The molecule has 1 aromatic rings. The van der Waals surface area contributed by atoms with Crippen molar-refractivity contribution in [2.45, 2.75) is 46.4 Å². The lowest BCUT2D eigenvalue weighted by molar-refractivity contribution is -0.492. The van der Waals surface area contributed by atoms with E-state index in [2.05, 4.69) is 10.2 Å². The van der Waals surface area contributed by atoms with Crippen molar-refractivity contribution in [1.82, 2.24) is 10.7 Å². The summed E-state index contributed by atoms with van der Waals surface area (Å²) in [7, 11) is -7.81. The number of nitrogens with one attached hydrogen (secondary N) is 1. The lowest BCUT2D eigenvalue weighted by Gasteiger charge is -2.30. The van der Waals surface area contributed by atoms with E-state index in [1.54, 1.807) is 0 Å². The second-order valence-electron chi connectivity index (χ2n) is 6.49. The molecule has 10 nitrogen and oxygen atoms in total. The van der Waals surface area contributed by atoms with Gasteiger partial charge >= 0.3 is 0 Å². The molecule has 0 unspecified atom stereocenters. The molecule has 2 heterocycles. The number of hydrogen-bond donors (Lipinski definition) is 4. The van der Waals surface area contributed by atoms with Gasteiger partial charge in [-0.05, 0) is 31.4 Å². The highest BCUT2D eigenvalue weighted by molar-refractivity contribution is 7.95. The highest BCUT2D eigenvalue weighted by Gasteiger charge is 2.41. The lowest BCUT2D eigenvalue weighted by Crippen LogP contribution is -2.37. The topological polar surface area (TPSA) is 159 Å². The molecule has 0 aliphatic carbocycles. The molecule has 0 saturated heterocycles. The van der Waals surface area contributed by atoms with Gasteiger partial charge in [0.15, 0.2) is 9.84 Å². The van der Waals surface area contributed by atoms with Gasteiger partial charge < -0.3 is 5.32 Å². The van der Waals surface area contributed by atoms with Crippen LogP contribution >= 0.6 is 11.3 Å². The van der Waals surface area contributed by atoms with Gasteiger partial charge in [-0.2, -0.15) is 0 Å². The Kier molecular flexibility index (Phi) is 6.80. The van der Waals surface area contributed by atoms with Gasteiger partial charge in [0.1, 0.15) is 8.42 Å². The summed E-state index contributed by atoms with van der Waals surface area (Å²) in [6.07, 6.45) is 0.227. The van der Waals surface area contributed by atoms with Crippen LogP contribution in [0.5, 0.6) is 0 Å². The highest BCUT2D eigenvalue weighted by Crippen LogP contribution is 2.43. The Balaban J connectivity index is 2.38. The summed E-state index contributed by atoms with van der Waals surface area (Å²) >= 11 is 0.640. The molecule has 0 bridgehead atoms. The van der Waals surface area contributed by atoms with E-state index < -0.39 is 30.5 Å². The summed E-state index contributed by atoms with van der Waals surface area (Å²) in [4.78, 5) is 4.47. The van der Waals surface area contributed by atoms with Crippen molar-refractivity contribution in [3.8, 4) is 0 Å². The summed E-state index contributed by atoms with van der Waals surface area (Å²) < 4.78 is 48.8. The van der Waals surface area contributed by atoms with Gasteiger partial charge in [0, 0.05) is 11.6 Å². The number of nitrogens with two attached hydrogens (primary N) is 1. The van der Waals surface area contributed by atoms with Crippen molar-refractivity contribution >= 4 is 31.2 Å². The molecule has 0 amide bonds. The number of rotatable bonds is 8. The summed E-state index contributed by atoms with van der Waals surface area (Å²) in [5.41, 5.74) is 0.405. The first-order valence-corrected chi connectivity index (χ1v) is 11.8. The van der Waals surface area contributed by atoms with Crippen LogP contribution in [0.2, 0.25) is 0 Å². The summed E-state index contributed by atoms with van der Waals surface area (Å²) in [5, 5.41) is 24.3. The van der Waals surface area contributed by atoms with E-state index in [9.17, 15) is 16.8 Å². The van der Waals surface area contributed by atoms with E-state index in [4.69, 9.17) is 15.6 Å². The first-order valence-electron chi connectivity index (χ1n) is 7.87. The third-order valence-corrected chi connectivity index (χ3v) is 9.34. The fraction of sp³-hybridized carbons (Fsp3) is 0.692. The molecule has 0 spiro atoms. The Hall–Kier alpha value is -0.640. The van der Waals surface area contributed by atoms with Crippen LogP contribution in [0.4, 0.5) is 0 Å². The molecule has 2 rings (SSSR count). The van der Waals surface area contributed by atoms with Crippen LogP contribution in [0.25, 0.3) is 0 Å². The monoisotopic (exact) mass is 429 g/mol. The molecule has 0 saturated carbocycles. The van der Waals surface area contributed by atoms with Crippen molar-refractivity contribution in [1.29, 1.82) is 0 Å². The van der Waals surface area contributed by atoms with Gasteiger partial charge in [-0.15, -0.1) is 11.3 Å². The molecule has 0 fully saturated rings. The maximum atomic E-state index is 12.9. The average molecular weight is 430 g/mol. The van der Waals surface area contributed by atoms with Crippen molar-refractivity contribution in [2.75, 3.05) is 13.2 Å². The molecular weight excluding hydrogens is 406 g/mol. The molecule has 5 N–H and O–H groups in total. The van der Waals surface area contributed by atoms with Crippen LogP contribution in [0.3, 0.4) is 0 Å². The van der Waals surface area contributed by atoms with E-state index in [1.807, 2.05) is 13.8 Å². The predicted molar refractivity (Wildman–Crippen MR) is 92.8 cm³/mol. The van der Waals surface area contributed by atoms with Crippen LogP contribution in [0.15, 0.2) is 14.5 Å². The van der Waals surface area contributed by atoms with Gasteiger partial charge in [0.2, 0.25) is 10.0 Å². The molecule has 2 atom stereocenters. The first kappa shape index (κ1) is 21.7. The SMILES string of the molecule is CC(C)CN[C@H]1C[C@H](CCON(O)O)S(=O)(=O)c2sc(S(N)(=O)=O)cc21. The molecule has 13 heteroatoms. The molecular formula is C13H23N3O7S3. The van der Waals surface area contributed by atoms with Crippen LogP contribution in [-0.2, 0) is 24.7 Å². The van der Waals surface area contributed by atoms with Crippen LogP contribution < -0.4 is 10.5 Å². The molecule has 1 aromatic heterocycles. The summed E-state index contributed by atoms with van der Waals surface area (Å²) in [5.74, 6) is 0.312. The van der Waals surface area contributed by atoms with Gasteiger partial charge in [-0.25, -0.2) is 22.0 Å². The summed E-state index contributed by atoms with van der Waals surface area (Å²) in [6, 6.07) is 0.966. The summed E-state index contributed by atoms with van der Waals surface area (Å²) in [6.45, 7) is 4.39. The maximum absolute atomic E-state index is 12.9. The standard InChI is InChI=1S/C13H23N3O7S3/c1-8(2)7-15-11-5-9(3-4-23-16(17)18)25(19,20)13-10(11)6-12(24-13)26(14,21)22/h6,8-9,11,15,17-18H,3-5,7H2,1-2H3,(H2,14,21,22)/t9-,11-/m0/s1. The van der Waals surface area contributed by atoms with Crippen molar-refractivity contribution < 1.29 is 32.1 Å². The Bertz CT molecular complexity index is 833.